The molecule has 1 aliphatic heterocycles. The predicted molar refractivity (Wildman–Crippen MR) is 34.1 cm³/mol. The molecule has 1 nitrogen and oxygen atoms in total. The second-order valence-electron chi connectivity index (χ2n) is 3.26. The van der Waals surface area contributed by atoms with E-state index < -0.39 is 5.92 Å². The Morgan fingerprint density at radius 1 is 1.30 bits per heavy atom. The van der Waals surface area contributed by atoms with E-state index in [1.165, 1.54) is 0 Å². The van der Waals surface area contributed by atoms with Gasteiger partial charge in [-0.15, -0.1) is 0 Å². The molecule has 1 saturated heterocycles. The Labute approximate surface area is 58.8 Å². The SMILES string of the molecule is FC1(F)CCC2NCCC21. The third kappa shape index (κ3) is 0.764. The van der Waals surface area contributed by atoms with Gasteiger partial charge in [-0.2, -0.15) is 0 Å². The summed E-state index contributed by atoms with van der Waals surface area (Å²) in [5, 5.41) is 3.09. The molecule has 0 aromatic heterocycles. The maximum absolute atomic E-state index is 12.9. The molecule has 2 atom stereocenters. The van der Waals surface area contributed by atoms with Crippen molar-refractivity contribution in [3.05, 3.63) is 0 Å². The van der Waals surface area contributed by atoms with Gasteiger partial charge in [-0.25, -0.2) is 8.78 Å². The quantitative estimate of drug-likeness (QED) is 0.546. The maximum atomic E-state index is 12.9. The molecule has 2 rings (SSSR count). The Balaban J connectivity index is 2.16. The van der Waals surface area contributed by atoms with E-state index in [1.54, 1.807) is 0 Å². The summed E-state index contributed by atoms with van der Waals surface area (Å²) in [6.07, 6.45) is 1.42. The molecule has 1 aliphatic carbocycles. The zero-order chi connectivity index (χ0) is 7.19. The van der Waals surface area contributed by atoms with Crippen molar-refractivity contribution in [3.63, 3.8) is 0 Å². The van der Waals surface area contributed by atoms with Crippen LogP contribution in [0.2, 0.25) is 0 Å². The van der Waals surface area contributed by atoms with Gasteiger partial charge in [0.15, 0.2) is 0 Å². The van der Waals surface area contributed by atoms with Crippen LogP contribution in [0.3, 0.4) is 0 Å². The maximum Gasteiger partial charge on any atom is 0.252 e. The van der Waals surface area contributed by atoms with Crippen LogP contribution in [0.25, 0.3) is 0 Å². The fourth-order valence-electron chi connectivity index (χ4n) is 2.11. The van der Waals surface area contributed by atoms with Crippen molar-refractivity contribution in [2.45, 2.75) is 31.2 Å². The van der Waals surface area contributed by atoms with E-state index in [-0.39, 0.29) is 18.4 Å². The largest absolute Gasteiger partial charge is 0.313 e. The third-order valence-corrected chi connectivity index (χ3v) is 2.68. The van der Waals surface area contributed by atoms with E-state index in [0.29, 0.717) is 12.8 Å². The van der Waals surface area contributed by atoms with E-state index in [0.717, 1.165) is 6.54 Å². The first-order valence-electron chi connectivity index (χ1n) is 3.81. The molecular formula is C7H11F2N. The highest BCUT2D eigenvalue weighted by Gasteiger charge is 2.51. The number of nitrogens with one attached hydrogen (secondary N) is 1. The minimum atomic E-state index is -2.37. The number of halogens is 2. The Morgan fingerprint density at radius 3 is 2.80 bits per heavy atom. The summed E-state index contributed by atoms with van der Waals surface area (Å²) in [5.41, 5.74) is 0. The average Bonchev–Trinajstić information content (AvgIpc) is 2.36. The lowest BCUT2D eigenvalue weighted by atomic mass is 10.0. The Bertz CT molecular complexity index is 147. The lowest BCUT2D eigenvalue weighted by Crippen LogP contribution is -2.28. The summed E-state index contributed by atoms with van der Waals surface area (Å²) in [5.74, 6) is -2.72. The van der Waals surface area contributed by atoms with Crippen molar-refractivity contribution in [1.82, 2.24) is 5.32 Å². The number of hydrogen-bond donors (Lipinski definition) is 1. The smallest absolute Gasteiger partial charge is 0.252 e. The lowest BCUT2D eigenvalue weighted by Gasteiger charge is -2.15. The average molecular weight is 147 g/mol. The van der Waals surface area contributed by atoms with Crippen molar-refractivity contribution in [2.75, 3.05) is 6.54 Å². The molecule has 0 spiro atoms. The van der Waals surface area contributed by atoms with Crippen LogP contribution in [-0.4, -0.2) is 18.5 Å². The van der Waals surface area contributed by atoms with Gasteiger partial charge in [0.25, 0.3) is 5.92 Å². The summed E-state index contributed by atoms with van der Waals surface area (Å²) in [6.45, 7) is 0.783. The predicted octanol–water partition coefficient (Wildman–Crippen LogP) is 1.39. The first-order valence-corrected chi connectivity index (χ1v) is 3.81. The minimum Gasteiger partial charge on any atom is -0.313 e. The number of alkyl halides is 2. The molecule has 1 saturated carbocycles. The van der Waals surface area contributed by atoms with Gasteiger partial charge in [0.2, 0.25) is 0 Å². The van der Waals surface area contributed by atoms with Gasteiger partial charge < -0.3 is 5.32 Å². The summed E-state index contributed by atoms with van der Waals surface area (Å²) in [7, 11) is 0. The second-order valence-corrected chi connectivity index (χ2v) is 3.26. The van der Waals surface area contributed by atoms with Gasteiger partial charge in [-0.1, -0.05) is 0 Å². The van der Waals surface area contributed by atoms with Gasteiger partial charge in [0, 0.05) is 18.4 Å². The molecule has 2 unspecified atom stereocenters. The highest BCUT2D eigenvalue weighted by molar-refractivity contribution is 4.98. The minimum absolute atomic E-state index is 0.0926. The molecule has 0 radical (unpaired) electrons. The molecule has 2 fully saturated rings. The highest BCUT2D eigenvalue weighted by Crippen LogP contribution is 2.44. The molecule has 58 valence electrons. The van der Waals surface area contributed by atoms with Gasteiger partial charge in [-0.3, -0.25) is 0 Å². The lowest BCUT2D eigenvalue weighted by molar-refractivity contribution is -0.0358. The molecule has 0 aromatic rings. The van der Waals surface area contributed by atoms with Crippen molar-refractivity contribution < 1.29 is 8.78 Å². The zero-order valence-corrected chi connectivity index (χ0v) is 5.74. The van der Waals surface area contributed by atoms with Crippen molar-refractivity contribution in [3.8, 4) is 0 Å². The second kappa shape index (κ2) is 1.91. The third-order valence-electron chi connectivity index (χ3n) is 2.68. The van der Waals surface area contributed by atoms with E-state index in [9.17, 15) is 8.78 Å². The van der Waals surface area contributed by atoms with Crippen LogP contribution in [-0.2, 0) is 0 Å². The normalized spacial score (nSPS) is 43.8. The fourth-order valence-corrected chi connectivity index (χ4v) is 2.11. The molecule has 3 heteroatoms. The van der Waals surface area contributed by atoms with Crippen molar-refractivity contribution in [1.29, 1.82) is 0 Å². The van der Waals surface area contributed by atoms with Crippen LogP contribution in [0.15, 0.2) is 0 Å². The van der Waals surface area contributed by atoms with Crippen LogP contribution >= 0.6 is 0 Å². The zero-order valence-electron chi connectivity index (χ0n) is 5.74. The Kier molecular flexibility index (Phi) is 1.24. The van der Waals surface area contributed by atoms with Gasteiger partial charge >= 0.3 is 0 Å². The fraction of sp³-hybridized carbons (Fsp3) is 1.00. The summed E-state index contributed by atoms with van der Waals surface area (Å²) >= 11 is 0. The van der Waals surface area contributed by atoms with Crippen LogP contribution in [0.1, 0.15) is 19.3 Å². The van der Waals surface area contributed by atoms with Crippen LogP contribution < -0.4 is 5.32 Å². The molecule has 2 aliphatic rings. The van der Waals surface area contributed by atoms with Gasteiger partial charge in [0.1, 0.15) is 0 Å². The van der Waals surface area contributed by atoms with Crippen LogP contribution in [0, 0.1) is 5.92 Å². The molecule has 0 aromatic carbocycles. The van der Waals surface area contributed by atoms with Gasteiger partial charge in [-0.05, 0) is 19.4 Å². The van der Waals surface area contributed by atoms with Gasteiger partial charge in [0.05, 0.1) is 0 Å². The van der Waals surface area contributed by atoms with E-state index in [2.05, 4.69) is 5.32 Å². The molecule has 1 N–H and O–H groups in total. The Hall–Kier alpha value is -0.180. The van der Waals surface area contributed by atoms with Crippen LogP contribution in [0.5, 0.6) is 0 Å². The number of fused-ring (bicyclic) bond motifs is 1. The van der Waals surface area contributed by atoms with E-state index >= 15 is 0 Å². The highest BCUT2D eigenvalue weighted by atomic mass is 19.3. The van der Waals surface area contributed by atoms with Crippen molar-refractivity contribution in [2.24, 2.45) is 5.92 Å². The molecule has 0 bridgehead atoms. The Morgan fingerprint density at radius 2 is 2.10 bits per heavy atom. The molecule has 1 heterocycles. The van der Waals surface area contributed by atoms with E-state index in [4.69, 9.17) is 0 Å². The summed E-state index contributed by atoms with van der Waals surface area (Å²) in [4.78, 5) is 0. The monoisotopic (exact) mass is 147 g/mol. The standard InChI is InChI=1S/C7H11F2N/c8-7(9)3-1-6-5(7)2-4-10-6/h5-6,10H,1-4H2. The summed E-state index contributed by atoms with van der Waals surface area (Å²) < 4.78 is 25.7. The molecule has 0 amide bonds. The number of rotatable bonds is 0. The molecular weight excluding hydrogens is 136 g/mol. The summed E-state index contributed by atoms with van der Waals surface area (Å²) in [6, 6.07) is 0.120. The van der Waals surface area contributed by atoms with Crippen molar-refractivity contribution >= 4 is 0 Å². The molecule has 10 heavy (non-hydrogen) atoms. The van der Waals surface area contributed by atoms with E-state index in [1.807, 2.05) is 0 Å². The first-order chi connectivity index (χ1) is 4.70. The number of hydrogen-bond acceptors (Lipinski definition) is 1. The van der Waals surface area contributed by atoms with Crippen LogP contribution in [0.4, 0.5) is 8.78 Å². The topological polar surface area (TPSA) is 12.0 Å². The first kappa shape index (κ1) is 6.53.